The van der Waals surface area contributed by atoms with E-state index in [2.05, 4.69) is 25.5 Å². The Morgan fingerprint density at radius 2 is 1.92 bits per heavy atom. The largest absolute Gasteiger partial charge is 0.504 e. The summed E-state index contributed by atoms with van der Waals surface area (Å²) >= 11 is 1.39. The summed E-state index contributed by atoms with van der Waals surface area (Å²) in [5, 5.41) is 31.7. The molecule has 7 rings (SSSR count). The van der Waals surface area contributed by atoms with Gasteiger partial charge < -0.3 is 24.9 Å². The van der Waals surface area contributed by atoms with Crippen LogP contribution in [-0.4, -0.2) is 36.2 Å². The zero-order valence-electron chi connectivity index (χ0n) is 19.4. The van der Waals surface area contributed by atoms with E-state index in [1.807, 2.05) is 36.4 Å². The molecule has 0 saturated carbocycles. The van der Waals surface area contributed by atoms with Gasteiger partial charge in [-0.15, -0.1) is 0 Å². The molecule has 0 amide bonds. The zero-order valence-corrected chi connectivity index (χ0v) is 20.2. The van der Waals surface area contributed by atoms with E-state index in [9.17, 15) is 15.0 Å². The quantitative estimate of drug-likeness (QED) is 0.202. The molecule has 3 aromatic heterocycles. The number of benzene rings is 2. The molecule has 5 aromatic rings. The highest BCUT2D eigenvalue weighted by molar-refractivity contribution is 7.99. The number of imidazole rings is 1. The van der Waals surface area contributed by atoms with Crippen molar-refractivity contribution in [2.24, 2.45) is 0 Å². The third kappa shape index (κ3) is 3.68. The van der Waals surface area contributed by atoms with Crippen LogP contribution in [0.1, 0.15) is 41.6 Å². The molecule has 1 aliphatic carbocycles. The molecule has 1 aliphatic heterocycles. The number of rotatable bonds is 4. The summed E-state index contributed by atoms with van der Waals surface area (Å²) in [6, 6.07) is 16.3. The number of aromatic nitrogens is 4. The average molecular weight is 512 g/mol. The van der Waals surface area contributed by atoms with Gasteiger partial charge in [0.2, 0.25) is 0 Å². The van der Waals surface area contributed by atoms with Crippen LogP contribution in [0, 0.1) is 0 Å². The second-order valence-electron chi connectivity index (χ2n) is 9.23. The Kier molecular flexibility index (Phi) is 4.90. The van der Waals surface area contributed by atoms with E-state index >= 15 is 0 Å². The lowest BCUT2D eigenvalue weighted by molar-refractivity contribution is -0.116. The van der Waals surface area contributed by atoms with Gasteiger partial charge in [-0.05, 0) is 66.1 Å². The average Bonchev–Trinajstić information content (AvgIpc) is 3.63. The Balaban J connectivity index is 1.23. The normalized spacial score (nSPS) is 19.1. The fraction of sp³-hybridized carbons (Fsp3) is 0.148. The second-order valence-corrected chi connectivity index (χ2v) is 10.2. The van der Waals surface area contributed by atoms with E-state index < -0.39 is 5.92 Å². The van der Waals surface area contributed by atoms with Crippen molar-refractivity contribution in [3.05, 3.63) is 89.0 Å². The first-order valence-corrected chi connectivity index (χ1v) is 12.7. The Hall–Kier alpha value is -4.44. The van der Waals surface area contributed by atoms with Gasteiger partial charge in [-0.3, -0.25) is 9.89 Å². The van der Waals surface area contributed by atoms with Gasteiger partial charge >= 0.3 is 0 Å². The summed E-state index contributed by atoms with van der Waals surface area (Å²) in [6.07, 6.45) is 2.65. The van der Waals surface area contributed by atoms with Crippen molar-refractivity contribution in [1.82, 2.24) is 20.2 Å². The van der Waals surface area contributed by atoms with Crippen LogP contribution in [0.3, 0.4) is 0 Å². The number of anilines is 1. The number of carbonyl (C=O) groups excluding carboxylic acids is 1. The number of aromatic amines is 2. The van der Waals surface area contributed by atoms with Crippen molar-refractivity contribution in [3.63, 3.8) is 0 Å². The number of nitrogens with zero attached hydrogens (tertiary/aromatic N) is 2. The lowest BCUT2D eigenvalue weighted by atomic mass is 9.74. The van der Waals surface area contributed by atoms with Crippen molar-refractivity contribution in [2.45, 2.75) is 34.9 Å². The molecule has 0 radical (unpaired) electrons. The number of phenols is 2. The highest BCUT2D eigenvalue weighted by Gasteiger charge is 2.40. The van der Waals surface area contributed by atoms with E-state index in [4.69, 9.17) is 4.42 Å². The number of Topliss-reactive ketones (excluding diaryl/α,β-unsaturated/α-hetero) is 1. The number of H-pyrrole nitrogens is 2. The van der Waals surface area contributed by atoms with Gasteiger partial charge in [0.05, 0.1) is 17.0 Å². The lowest BCUT2D eigenvalue weighted by Crippen LogP contribution is -2.29. The molecule has 2 aromatic carbocycles. The summed E-state index contributed by atoms with van der Waals surface area (Å²) in [7, 11) is 0. The van der Waals surface area contributed by atoms with Gasteiger partial charge in [0.1, 0.15) is 5.76 Å². The van der Waals surface area contributed by atoms with E-state index in [0.29, 0.717) is 28.7 Å². The number of ketones is 1. The molecular formula is C27H21N5O4S. The Labute approximate surface area is 214 Å². The van der Waals surface area contributed by atoms with Gasteiger partial charge in [-0.2, -0.15) is 5.10 Å². The van der Waals surface area contributed by atoms with Crippen molar-refractivity contribution < 1.29 is 19.4 Å². The Morgan fingerprint density at radius 1 is 1.03 bits per heavy atom. The van der Waals surface area contributed by atoms with Gasteiger partial charge in [0.25, 0.3) is 0 Å². The highest BCUT2D eigenvalue weighted by Crippen LogP contribution is 2.48. The summed E-state index contributed by atoms with van der Waals surface area (Å²) in [6.45, 7) is 0. The van der Waals surface area contributed by atoms with Gasteiger partial charge in [0.15, 0.2) is 33.3 Å². The number of hydrogen-bond donors (Lipinski definition) is 5. The number of allylic oxidation sites excluding steroid dienone is 2. The van der Waals surface area contributed by atoms with E-state index in [1.165, 1.54) is 23.9 Å². The zero-order chi connectivity index (χ0) is 25.1. The van der Waals surface area contributed by atoms with Crippen molar-refractivity contribution in [3.8, 4) is 11.5 Å². The minimum Gasteiger partial charge on any atom is -0.504 e. The minimum atomic E-state index is -0.392. The van der Waals surface area contributed by atoms with Crippen LogP contribution in [-0.2, 0) is 4.79 Å². The molecule has 10 heteroatoms. The number of aromatic hydroxyl groups is 2. The number of nitrogens with one attached hydrogen (secondary N) is 3. The monoisotopic (exact) mass is 511 g/mol. The maximum atomic E-state index is 13.6. The van der Waals surface area contributed by atoms with Crippen LogP contribution in [0.4, 0.5) is 5.82 Å². The molecule has 2 aliphatic rings. The summed E-state index contributed by atoms with van der Waals surface area (Å²) in [4.78, 5) is 21.5. The fourth-order valence-corrected chi connectivity index (χ4v) is 6.01. The van der Waals surface area contributed by atoms with Gasteiger partial charge in [-0.25, -0.2) is 4.98 Å². The van der Waals surface area contributed by atoms with Crippen LogP contribution in [0.25, 0.3) is 11.0 Å². The molecule has 5 N–H and O–H groups in total. The predicted octanol–water partition coefficient (Wildman–Crippen LogP) is 5.40. The molecule has 0 bridgehead atoms. The maximum absolute atomic E-state index is 13.6. The summed E-state index contributed by atoms with van der Waals surface area (Å²) < 4.78 is 6.27. The van der Waals surface area contributed by atoms with Crippen molar-refractivity contribution in [1.29, 1.82) is 0 Å². The first-order chi connectivity index (χ1) is 18.0. The predicted molar refractivity (Wildman–Crippen MR) is 137 cm³/mol. The third-order valence-corrected chi connectivity index (χ3v) is 7.78. The Bertz CT molecular complexity index is 1680. The summed E-state index contributed by atoms with van der Waals surface area (Å²) in [5.74, 6) is 0.415. The molecule has 0 saturated heterocycles. The van der Waals surface area contributed by atoms with Crippen LogP contribution in [0.2, 0.25) is 0 Å². The van der Waals surface area contributed by atoms with Crippen LogP contribution < -0.4 is 5.32 Å². The second kappa shape index (κ2) is 8.31. The van der Waals surface area contributed by atoms with Crippen LogP contribution in [0.5, 0.6) is 11.5 Å². The van der Waals surface area contributed by atoms with Gasteiger partial charge in [0, 0.05) is 29.5 Å². The van der Waals surface area contributed by atoms with E-state index in [-0.39, 0.29) is 29.6 Å². The highest BCUT2D eigenvalue weighted by atomic mass is 32.2. The molecule has 184 valence electrons. The fourth-order valence-electron chi connectivity index (χ4n) is 5.25. The molecule has 0 spiro atoms. The molecule has 2 atom stereocenters. The van der Waals surface area contributed by atoms with Crippen molar-refractivity contribution in [2.75, 3.05) is 5.32 Å². The molecule has 0 fully saturated rings. The third-order valence-electron chi connectivity index (χ3n) is 6.97. The van der Waals surface area contributed by atoms with Crippen LogP contribution in [0.15, 0.2) is 86.7 Å². The van der Waals surface area contributed by atoms with Gasteiger partial charge in [-0.1, -0.05) is 18.2 Å². The molecule has 4 heterocycles. The SMILES string of the molecule is O=C1CC(c2ccc(O)c(O)c2)CC2=C1C(c1ccc(Sc3nc4ccccc4[nH]3)o1)c1c[nH]nc1N2. The van der Waals surface area contributed by atoms with Crippen LogP contribution >= 0.6 is 11.8 Å². The maximum Gasteiger partial charge on any atom is 0.174 e. The molecule has 2 unspecified atom stereocenters. The first-order valence-electron chi connectivity index (χ1n) is 11.8. The standard InChI is InChI=1S/C27H21N5O4S/c33-19-6-5-13(10-20(19)34)14-9-18-25(21(35)11-14)24(15-12-28-32-26(15)29-18)22-7-8-23(36-22)37-27-30-16-3-1-2-4-17(16)31-27/h1-8,10,12,14,24,33-34H,9,11H2,(H,30,31)(H2,28,29,32). The lowest BCUT2D eigenvalue weighted by Gasteiger charge is -2.33. The number of furan rings is 1. The van der Waals surface area contributed by atoms with E-state index in [0.717, 1.165) is 33.0 Å². The number of fused-ring (bicyclic) bond motifs is 2. The Morgan fingerprint density at radius 3 is 2.78 bits per heavy atom. The molecule has 9 nitrogen and oxygen atoms in total. The topological polar surface area (TPSA) is 140 Å². The molecule has 37 heavy (non-hydrogen) atoms. The smallest absolute Gasteiger partial charge is 0.174 e. The molecular weight excluding hydrogens is 490 g/mol. The summed E-state index contributed by atoms with van der Waals surface area (Å²) in [5.41, 5.74) is 4.95. The first kappa shape index (κ1) is 21.8. The number of phenolic OH excluding ortho intramolecular Hbond substituents is 2. The number of para-hydroxylation sites is 2. The number of hydrogen-bond acceptors (Lipinski definition) is 8. The van der Waals surface area contributed by atoms with E-state index in [1.54, 1.807) is 12.3 Å². The minimum absolute atomic E-state index is 0.00560. The van der Waals surface area contributed by atoms with Crippen molar-refractivity contribution >= 4 is 34.4 Å². The number of carbonyl (C=O) groups is 1.